The zero-order chi connectivity index (χ0) is 16.2. The van der Waals surface area contributed by atoms with Crippen LogP contribution in [-0.2, 0) is 9.53 Å². The minimum absolute atomic E-state index is 0.0640. The molecule has 1 atom stereocenters. The van der Waals surface area contributed by atoms with E-state index in [0.717, 1.165) is 17.7 Å². The average molecular weight is 303 g/mol. The van der Waals surface area contributed by atoms with E-state index in [2.05, 4.69) is 19.2 Å². The number of rotatable bonds is 6. The number of carbonyl (C=O) groups is 1. The number of hydrogen-bond acceptors (Lipinski definition) is 4. The van der Waals surface area contributed by atoms with Crippen LogP contribution in [0.4, 0.5) is 5.69 Å². The highest BCUT2D eigenvalue weighted by Crippen LogP contribution is 2.33. The summed E-state index contributed by atoms with van der Waals surface area (Å²) in [6.45, 7) is 6.73. The Hall–Kier alpha value is -1.81. The van der Waals surface area contributed by atoms with Crippen molar-refractivity contribution >= 4 is 11.5 Å². The van der Waals surface area contributed by atoms with Crippen molar-refractivity contribution in [3.63, 3.8) is 0 Å². The van der Waals surface area contributed by atoms with E-state index >= 15 is 0 Å². The average Bonchev–Trinajstić information content (AvgIpc) is 2.42. The Kier molecular flexibility index (Phi) is 5.24. The van der Waals surface area contributed by atoms with Crippen molar-refractivity contribution in [1.29, 1.82) is 0 Å². The highest BCUT2D eigenvalue weighted by atomic mass is 16.5. The third-order valence-corrected chi connectivity index (χ3v) is 3.76. The summed E-state index contributed by atoms with van der Waals surface area (Å²) in [6.07, 6.45) is 2.22. The summed E-state index contributed by atoms with van der Waals surface area (Å²) < 4.78 is 5.62. The van der Waals surface area contributed by atoms with Gasteiger partial charge in [0, 0.05) is 31.1 Å². The fourth-order valence-electron chi connectivity index (χ4n) is 2.64. The Morgan fingerprint density at radius 3 is 2.73 bits per heavy atom. The van der Waals surface area contributed by atoms with Gasteiger partial charge < -0.3 is 15.2 Å². The van der Waals surface area contributed by atoms with E-state index in [-0.39, 0.29) is 17.8 Å². The molecule has 0 amide bonds. The quantitative estimate of drug-likeness (QED) is 0.848. The smallest absolute Gasteiger partial charge is 0.159 e. The first-order valence-corrected chi connectivity index (χ1v) is 7.69. The molecule has 0 aliphatic heterocycles. The molecule has 1 aliphatic carbocycles. The summed E-state index contributed by atoms with van der Waals surface area (Å²) in [5.41, 5.74) is 2.08. The molecule has 1 aliphatic rings. The Morgan fingerprint density at radius 2 is 2.05 bits per heavy atom. The molecule has 0 fully saturated rings. The minimum Gasteiger partial charge on any atom is -0.495 e. The number of aryl methyl sites for hydroxylation is 1. The molecule has 2 rings (SSSR count). The molecule has 0 saturated carbocycles. The van der Waals surface area contributed by atoms with Crippen LogP contribution in [0.5, 0.6) is 0 Å². The molecule has 4 heteroatoms. The van der Waals surface area contributed by atoms with E-state index < -0.39 is 6.10 Å². The number of hydrogen-bond donors (Lipinski definition) is 2. The second-order valence-electron chi connectivity index (χ2n) is 6.76. The summed E-state index contributed by atoms with van der Waals surface area (Å²) in [7, 11) is 0. The first-order valence-electron chi connectivity index (χ1n) is 7.69. The maximum Gasteiger partial charge on any atom is 0.159 e. The number of ketones is 1. The molecular formula is C18H25NO3. The van der Waals surface area contributed by atoms with Gasteiger partial charge in [-0.25, -0.2) is 0 Å². The highest BCUT2D eigenvalue weighted by molar-refractivity contribution is 5.91. The zero-order valence-electron chi connectivity index (χ0n) is 13.6. The van der Waals surface area contributed by atoms with Crippen molar-refractivity contribution < 1.29 is 14.6 Å². The molecular weight excluding hydrogens is 278 g/mol. The Bertz CT molecular complexity index is 563. The van der Waals surface area contributed by atoms with Gasteiger partial charge in [-0.3, -0.25) is 4.79 Å². The Labute approximate surface area is 132 Å². The summed E-state index contributed by atoms with van der Waals surface area (Å²) >= 11 is 0. The maximum absolute atomic E-state index is 11.7. The Morgan fingerprint density at radius 1 is 1.32 bits per heavy atom. The van der Waals surface area contributed by atoms with E-state index in [1.807, 2.05) is 31.2 Å². The maximum atomic E-state index is 11.7. The van der Waals surface area contributed by atoms with Gasteiger partial charge in [0.25, 0.3) is 0 Å². The number of anilines is 1. The van der Waals surface area contributed by atoms with Gasteiger partial charge >= 0.3 is 0 Å². The largest absolute Gasteiger partial charge is 0.495 e. The van der Waals surface area contributed by atoms with Crippen molar-refractivity contribution in [3.8, 4) is 0 Å². The van der Waals surface area contributed by atoms with Gasteiger partial charge in [0.2, 0.25) is 0 Å². The lowest BCUT2D eigenvalue weighted by atomic mass is 9.79. The molecule has 0 aromatic heterocycles. The van der Waals surface area contributed by atoms with Crippen LogP contribution in [0, 0.1) is 12.3 Å². The zero-order valence-corrected chi connectivity index (χ0v) is 13.6. The van der Waals surface area contributed by atoms with Crippen LogP contribution in [0.3, 0.4) is 0 Å². The number of ether oxygens (including phenoxy) is 1. The number of benzene rings is 1. The van der Waals surface area contributed by atoms with Gasteiger partial charge in [0.1, 0.15) is 18.5 Å². The SMILES string of the molecule is Cc1ccccc1NCC(O)COC1=CC(=O)CC(C)(C)C1. The number of carbonyl (C=O) groups excluding carboxylic acids is 1. The summed E-state index contributed by atoms with van der Waals surface area (Å²) in [5.74, 6) is 0.773. The first kappa shape index (κ1) is 16.6. The summed E-state index contributed by atoms with van der Waals surface area (Å²) in [6, 6.07) is 7.94. The third kappa shape index (κ3) is 4.88. The molecule has 0 saturated heterocycles. The van der Waals surface area contributed by atoms with Crippen LogP contribution in [0.15, 0.2) is 36.1 Å². The van der Waals surface area contributed by atoms with Crippen molar-refractivity contribution in [3.05, 3.63) is 41.7 Å². The fourth-order valence-corrected chi connectivity index (χ4v) is 2.64. The standard InChI is InChI=1S/C18H25NO3/c1-13-6-4-5-7-17(13)19-11-15(21)12-22-16-8-14(20)9-18(2,3)10-16/h4-8,15,19,21H,9-12H2,1-3H3. The number of aliphatic hydroxyl groups excluding tert-OH is 1. The van der Waals surface area contributed by atoms with E-state index in [4.69, 9.17) is 4.74 Å². The number of para-hydroxylation sites is 1. The van der Waals surface area contributed by atoms with E-state index in [1.165, 1.54) is 0 Å². The molecule has 0 heterocycles. The van der Waals surface area contributed by atoms with Crippen molar-refractivity contribution in [1.82, 2.24) is 0 Å². The number of aliphatic hydroxyl groups is 1. The Balaban J connectivity index is 1.80. The lowest BCUT2D eigenvalue weighted by molar-refractivity contribution is -0.117. The minimum atomic E-state index is -0.624. The van der Waals surface area contributed by atoms with Gasteiger partial charge in [0.05, 0.1) is 0 Å². The van der Waals surface area contributed by atoms with E-state index in [0.29, 0.717) is 18.7 Å². The highest BCUT2D eigenvalue weighted by Gasteiger charge is 2.28. The van der Waals surface area contributed by atoms with E-state index in [1.54, 1.807) is 6.08 Å². The summed E-state index contributed by atoms with van der Waals surface area (Å²) in [4.78, 5) is 11.7. The molecule has 0 bridgehead atoms. The van der Waals surface area contributed by atoms with Gasteiger partial charge in [-0.2, -0.15) is 0 Å². The van der Waals surface area contributed by atoms with Gasteiger partial charge in [0.15, 0.2) is 5.78 Å². The second kappa shape index (κ2) is 6.97. The van der Waals surface area contributed by atoms with Crippen LogP contribution in [0.2, 0.25) is 0 Å². The predicted octanol–water partition coefficient (Wildman–Crippen LogP) is 3.06. The van der Waals surface area contributed by atoms with Crippen LogP contribution < -0.4 is 5.32 Å². The lowest BCUT2D eigenvalue weighted by Gasteiger charge is -2.29. The molecule has 2 N–H and O–H groups in total. The third-order valence-electron chi connectivity index (χ3n) is 3.76. The molecule has 22 heavy (non-hydrogen) atoms. The number of nitrogens with one attached hydrogen (secondary N) is 1. The first-order chi connectivity index (χ1) is 10.4. The van der Waals surface area contributed by atoms with Crippen LogP contribution in [-0.4, -0.2) is 30.1 Å². The van der Waals surface area contributed by atoms with Crippen LogP contribution in [0.1, 0.15) is 32.3 Å². The molecule has 120 valence electrons. The molecule has 1 aromatic rings. The number of allylic oxidation sites excluding steroid dienone is 2. The molecule has 0 radical (unpaired) electrons. The predicted molar refractivity (Wildman–Crippen MR) is 87.7 cm³/mol. The van der Waals surface area contributed by atoms with Gasteiger partial charge in [-0.05, 0) is 24.0 Å². The van der Waals surface area contributed by atoms with Crippen molar-refractivity contribution in [2.45, 2.75) is 39.7 Å². The van der Waals surface area contributed by atoms with E-state index in [9.17, 15) is 9.90 Å². The van der Waals surface area contributed by atoms with Crippen LogP contribution in [0.25, 0.3) is 0 Å². The molecule has 4 nitrogen and oxygen atoms in total. The topological polar surface area (TPSA) is 58.6 Å². The fraction of sp³-hybridized carbons (Fsp3) is 0.500. The second-order valence-corrected chi connectivity index (χ2v) is 6.76. The van der Waals surface area contributed by atoms with Crippen molar-refractivity contribution in [2.24, 2.45) is 5.41 Å². The lowest BCUT2D eigenvalue weighted by Crippen LogP contribution is -2.27. The van der Waals surface area contributed by atoms with Gasteiger partial charge in [-0.15, -0.1) is 0 Å². The molecule has 1 aromatic carbocycles. The van der Waals surface area contributed by atoms with Crippen LogP contribution >= 0.6 is 0 Å². The monoisotopic (exact) mass is 303 g/mol. The normalized spacial score (nSPS) is 18.5. The van der Waals surface area contributed by atoms with Crippen molar-refractivity contribution in [2.75, 3.05) is 18.5 Å². The van der Waals surface area contributed by atoms with Gasteiger partial charge in [-0.1, -0.05) is 32.0 Å². The molecule has 1 unspecified atom stereocenters. The summed E-state index contributed by atoms with van der Waals surface area (Å²) in [5, 5.41) is 13.2. The molecule has 0 spiro atoms.